The molecule has 1 amide bonds. The van der Waals surface area contributed by atoms with Gasteiger partial charge in [-0.05, 0) is 31.5 Å². The Balaban J connectivity index is 0.00000200. The van der Waals surface area contributed by atoms with E-state index in [0.29, 0.717) is 22.5 Å². The number of halogens is 3. The molecule has 1 aromatic rings. The van der Waals surface area contributed by atoms with Crippen molar-refractivity contribution in [1.29, 1.82) is 0 Å². The predicted molar refractivity (Wildman–Crippen MR) is 86.1 cm³/mol. The lowest BCUT2D eigenvalue weighted by Gasteiger charge is -2.38. The molecule has 0 saturated carbocycles. The van der Waals surface area contributed by atoms with Gasteiger partial charge < -0.3 is 10.2 Å². The Kier molecular flexibility index (Phi) is 6.59. The van der Waals surface area contributed by atoms with Crippen LogP contribution in [-0.4, -0.2) is 36.0 Å². The quantitative estimate of drug-likeness (QED) is 0.899. The highest BCUT2D eigenvalue weighted by atomic mass is 35.5. The molecule has 20 heavy (non-hydrogen) atoms. The van der Waals surface area contributed by atoms with Crippen molar-refractivity contribution in [3.05, 3.63) is 33.8 Å². The standard InChI is InChI=1S/C14H18Cl2N2O.ClH/c1-9-10(2)18(6-5-17-9)14(19)7-11-3-4-12(15)8-13(11)16;/h3-4,8-10,17H,5-7H2,1-2H3;1H. The number of amides is 1. The van der Waals surface area contributed by atoms with E-state index >= 15 is 0 Å². The molecule has 112 valence electrons. The highest BCUT2D eigenvalue weighted by Crippen LogP contribution is 2.22. The maximum Gasteiger partial charge on any atom is 0.227 e. The van der Waals surface area contributed by atoms with Gasteiger partial charge in [0.1, 0.15) is 0 Å². The largest absolute Gasteiger partial charge is 0.337 e. The number of nitrogens with one attached hydrogen (secondary N) is 1. The summed E-state index contributed by atoms with van der Waals surface area (Å²) in [7, 11) is 0. The first-order valence-electron chi connectivity index (χ1n) is 6.46. The summed E-state index contributed by atoms with van der Waals surface area (Å²) in [4.78, 5) is 14.3. The Morgan fingerprint density at radius 3 is 2.75 bits per heavy atom. The SMILES string of the molecule is CC1NCCN(C(=O)Cc2ccc(Cl)cc2Cl)C1C.Cl. The molecule has 2 atom stereocenters. The fourth-order valence-corrected chi connectivity index (χ4v) is 2.81. The van der Waals surface area contributed by atoms with Crippen LogP contribution < -0.4 is 5.32 Å². The maximum atomic E-state index is 12.4. The highest BCUT2D eigenvalue weighted by molar-refractivity contribution is 6.35. The molecule has 0 spiro atoms. The van der Waals surface area contributed by atoms with Gasteiger partial charge in [-0.15, -0.1) is 12.4 Å². The molecule has 1 saturated heterocycles. The van der Waals surface area contributed by atoms with E-state index < -0.39 is 0 Å². The monoisotopic (exact) mass is 336 g/mol. The van der Waals surface area contributed by atoms with Crippen LogP contribution in [0, 0.1) is 0 Å². The number of carbonyl (C=O) groups excluding carboxylic acids is 1. The minimum atomic E-state index is 0. The van der Waals surface area contributed by atoms with Gasteiger partial charge in [-0.3, -0.25) is 4.79 Å². The molecule has 0 aromatic heterocycles. The number of nitrogens with zero attached hydrogens (tertiary/aromatic N) is 1. The zero-order chi connectivity index (χ0) is 14.0. The van der Waals surface area contributed by atoms with Crippen LogP contribution in [-0.2, 0) is 11.2 Å². The molecule has 1 aromatic carbocycles. The van der Waals surface area contributed by atoms with Gasteiger partial charge in [0.05, 0.1) is 6.42 Å². The van der Waals surface area contributed by atoms with E-state index in [-0.39, 0.29) is 24.4 Å². The van der Waals surface area contributed by atoms with E-state index in [4.69, 9.17) is 23.2 Å². The van der Waals surface area contributed by atoms with Crippen LogP contribution in [0.4, 0.5) is 0 Å². The van der Waals surface area contributed by atoms with Crippen molar-refractivity contribution in [2.24, 2.45) is 0 Å². The summed E-state index contributed by atoms with van der Waals surface area (Å²) in [5.41, 5.74) is 0.828. The van der Waals surface area contributed by atoms with E-state index in [1.54, 1.807) is 12.1 Å². The molecule has 3 nitrogen and oxygen atoms in total. The lowest BCUT2D eigenvalue weighted by Crippen LogP contribution is -2.57. The third kappa shape index (κ3) is 4.01. The number of hydrogen-bond donors (Lipinski definition) is 1. The third-order valence-corrected chi connectivity index (χ3v) is 4.30. The van der Waals surface area contributed by atoms with Gasteiger partial charge in [0.25, 0.3) is 0 Å². The Bertz CT molecular complexity index is 481. The smallest absolute Gasteiger partial charge is 0.227 e. The topological polar surface area (TPSA) is 32.3 Å². The summed E-state index contributed by atoms with van der Waals surface area (Å²) in [6.45, 7) is 5.75. The van der Waals surface area contributed by atoms with Crippen molar-refractivity contribution in [1.82, 2.24) is 10.2 Å². The molecule has 0 bridgehead atoms. The second-order valence-electron chi connectivity index (χ2n) is 4.98. The number of piperazine rings is 1. The number of benzene rings is 1. The van der Waals surface area contributed by atoms with Crippen LogP contribution in [0.5, 0.6) is 0 Å². The number of hydrogen-bond acceptors (Lipinski definition) is 2. The summed E-state index contributed by atoms with van der Waals surface area (Å²) in [6.07, 6.45) is 0.326. The zero-order valence-corrected chi connectivity index (χ0v) is 13.9. The Hall–Kier alpha value is -0.480. The average molecular weight is 338 g/mol. The number of rotatable bonds is 2. The fraction of sp³-hybridized carbons (Fsp3) is 0.500. The minimum absolute atomic E-state index is 0. The first-order valence-corrected chi connectivity index (χ1v) is 7.21. The van der Waals surface area contributed by atoms with Gasteiger partial charge in [-0.1, -0.05) is 29.3 Å². The van der Waals surface area contributed by atoms with Gasteiger partial charge in [0.15, 0.2) is 0 Å². The summed E-state index contributed by atoms with van der Waals surface area (Å²) < 4.78 is 0. The molecule has 1 heterocycles. The molecule has 1 fully saturated rings. The second-order valence-corrected chi connectivity index (χ2v) is 5.83. The predicted octanol–water partition coefficient (Wildman–Crippen LogP) is 3.17. The van der Waals surface area contributed by atoms with E-state index in [9.17, 15) is 4.79 Å². The van der Waals surface area contributed by atoms with Crippen molar-refractivity contribution in [2.75, 3.05) is 13.1 Å². The van der Waals surface area contributed by atoms with Gasteiger partial charge in [-0.2, -0.15) is 0 Å². The van der Waals surface area contributed by atoms with Crippen molar-refractivity contribution < 1.29 is 4.79 Å². The van der Waals surface area contributed by atoms with Crippen LogP contribution in [0.25, 0.3) is 0 Å². The molecule has 1 aliphatic rings. The summed E-state index contributed by atoms with van der Waals surface area (Å²) in [5.74, 6) is 0.116. The van der Waals surface area contributed by atoms with Crippen molar-refractivity contribution in [3.8, 4) is 0 Å². The molecular weight excluding hydrogens is 319 g/mol. The number of carbonyl (C=O) groups is 1. The van der Waals surface area contributed by atoms with Crippen LogP contribution in [0.3, 0.4) is 0 Å². The highest BCUT2D eigenvalue weighted by Gasteiger charge is 2.28. The van der Waals surface area contributed by atoms with Crippen LogP contribution in [0.15, 0.2) is 18.2 Å². The van der Waals surface area contributed by atoms with Crippen molar-refractivity contribution in [3.63, 3.8) is 0 Å². The second kappa shape index (κ2) is 7.51. The van der Waals surface area contributed by atoms with Crippen molar-refractivity contribution >= 4 is 41.5 Å². The Morgan fingerprint density at radius 2 is 2.10 bits per heavy atom. The van der Waals surface area contributed by atoms with Crippen LogP contribution in [0.1, 0.15) is 19.4 Å². The Labute approximate surface area is 136 Å². The molecule has 0 radical (unpaired) electrons. The summed E-state index contributed by atoms with van der Waals surface area (Å²) in [5, 5.41) is 4.50. The average Bonchev–Trinajstić information content (AvgIpc) is 2.36. The molecule has 6 heteroatoms. The fourth-order valence-electron chi connectivity index (χ4n) is 2.34. The first-order chi connectivity index (χ1) is 8.99. The van der Waals surface area contributed by atoms with Crippen LogP contribution in [0.2, 0.25) is 10.0 Å². The molecular formula is C14H19Cl3N2O. The van der Waals surface area contributed by atoms with E-state index in [1.807, 2.05) is 11.0 Å². The van der Waals surface area contributed by atoms with Crippen molar-refractivity contribution in [2.45, 2.75) is 32.4 Å². The Morgan fingerprint density at radius 1 is 1.40 bits per heavy atom. The molecule has 0 aliphatic carbocycles. The maximum absolute atomic E-state index is 12.4. The summed E-state index contributed by atoms with van der Waals surface area (Å²) in [6, 6.07) is 5.78. The van der Waals surface area contributed by atoms with Crippen LogP contribution >= 0.6 is 35.6 Å². The first kappa shape index (κ1) is 17.6. The molecule has 1 N–H and O–H groups in total. The molecule has 1 aliphatic heterocycles. The van der Waals surface area contributed by atoms with E-state index in [1.165, 1.54) is 0 Å². The normalized spacial score (nSPS) is 22.3. The third-order valence-electron chi connectivity index (χ3n) is 3.71. The van der Waals surface area contributed by atoms with Gasteiger partial charge in [0, 0.05) is 35.2 Å². The van der Waals surface area contributed by atoms with E-state index in [2.05, 4.69) is 19.2 Å². The molecule has 2 rings (SSSR count). The van der Waals surface area contributed by atoms with E-state index in [0.717, 1.165) is 18.7 Å². The lowest BCUT2D eigenvalue weighted by molar-refractivity contribution is -0.134. The molecule has 2 unspecified atom stereocenters. The van der Waals surface area contributed by atoms with Gasteiger partial charge in [0.2, 0.25) is 5.91 Å². The van der Waals surface area contributed by atoms with Gasteiger partial charge in [-0.25, -0.2) is 0 Å². The zero-order valence-electron chi connectivity index (χ0n) is 11.5. The lowest BCUT2D eigenvalue weighted by atomic mass is 10.1. The summed E-state index contributed by atoms with van der Waals surface area (Å²) >= 11 is 12.0. The minimum Gasteiger partial charge on any atom is -0.337 e. The van der Waals surface area contributed by atoms with Gasteiger partial charge >= 0.3 is 0 Å².